The summed E-state index contributed by atoms with van der Waals surface area (Å²) in [6.07, 6.45) is 2.98. The second kappa shape index (κ2) is 3.91. The predicted molar refractivity (Wildman–Crippen MR) is 67.9 cm³/mol. The lowest BCUT2D eigenvalue weighted by molar-refractivity contribution is 0.0857. The predicted octanol–water partition coefficient (Wildman–Crippen LogP) is 2.16. The maximum absolute atomic E-state index is 11.3. The lowest BCUT2D eigenvalue weighted by Gasteiger charge is -2.33. The summed E-state index contributed by atoms with van der Waals surface area (Å²) in [4.78, 5) is 0. The number of hydrogen-bond acceptors (Lipinski definition) is 3. The fraction of sp³-hybridized carbons (Fsp3) is 0.500. The van der Waals surface area contributed by atoms with Gasteiger partial charge in [-0.3, -0.25) is 4.72 Å². The van der Waals surface area contributed by atoms with E-state index in [-0.39, 0.29) is 5.60 Å². The van der Waals surface area contributed by atoms with Crippen molar-refractivity contribution in [3.8, 4) is 5.75 Å². The zero-order chi connectivity index (χ0) is 12.7. The van der Waals surface area contributed by atoms with Crippen LogP contribution in [0.25, 0.3) is 0 Å². The van der Waals surface area contributed by atoms with Crippen molar-refractivity contribution in [3.05, 3.63) is 23.8 Å². The molecule has 0 fully saturated rings. The van der Waals surface area contributed by atoms with Crippen molar-refractivity contribution in [1.82, 2.24) is 0 Å². The van der Waals surface area contributed by atoms with Crippen molar-refractivity contribution in [3.63, 3.8) is 0 Å². The largest absolute Gasteiger partial charge is 0.485 e. The van der Waals surface area contributed by atoms with E-state index in [0.29, 0.717) is 11.4 Å². The zero-order valence-corrected chi connectivity index (χ0v) is 11.1. The van der Waals surface area contributed by atoms with Crippen LogP contribution in [0.2, 0.25) is 0 Å². The molecule has 1 aliphatic heterocycles. The van der Waals surface area contributed by atoms with Crippen LogP contribution in [-0.4, -0.2) is 20.3 Å². The van der Waals surface area contributed by atoms with E-state index in [1.165, 1.54) is 0 Å². The third-order valence-electron chi connectivity index (χ3n) is 2.77. The van der Waals surface area contributed by atoms with Gasteiger partial charge in [0.15, 0.2) is 0 Å². The van der Waals surface area contributed by atoms with Crippen LogP contribution >= 0.6 is 0 Å². The molecule has 0 aromatic heterocycles. The first-order valence-electron chi connectivity index (χ1n) is 5.56. The molecular weight excluding hydrogens is 238 g/mol. The number of para-hydroxylation sites is 1. The monoisotopic (exact) mass is 255 g/mol. The average Bonchev–Trinajstić information content (AvgIpc) is 2.16. The number of rotatable bonds is 2. The molecule has 0 atom stereocenters. The Bertz CT molecular complexity index is 535. The number of fused-ring (bicyclic) bond motifs is 1. The summed E-state index contributed by atoms with van der Waals surface area (Å²) in [5, 5.41) is 0. The Morgan fingerprint density at radius 3 is 2.71 bits per heavy atom. The van der Waals surface area contributed by atoms with Gasteiger partial charge < -0.3 is 4.74 Å². The molecule has 17 heavy (non-hydrogen) atoms. The molecule has 0 unspecified atom stereocenters. The first kappa shape index (κ1) is 12.2. The van der Waals surface area contributed by atoms with Crippen LogP contribution in [0.4, 0.5) is 5.69 Å². The number of aryl methyl sites for hydroxylation is 1. The van der Waals surface area contributed by atoms with Crippen LogP contribution in [0.15, 0.2) is 18.2 Å². The molecule has 1 aliphatic rings. The fourth-order valence-corrected chi connectivity index (χ4v) is 2.51. The third kappa shape index (κ3) is 2.91. The first-order chi connectivity index (χ1) is 7.77. The average molecular weight is 255 g/mol. The molecule has 0 saturated heterocycles. The van der Waals surface area contributed by atoms with E-state index in [1.54, 1.807) is 6.07 Å². The normalized spacial score (nSPS) is 18.1. The number of benzene rings is 1. The van der Waals surface area contributed by atoms with Crippen molar-refractivity contribution in [2.75, 3.05) is 11.0 Å². The summed E-state index contributed by atoms with van der Waals surface area (Å²) in [6, 6.07) is 5.54. The maximum Gasteiger partial charge on any atom is 0.229 e. The molecule has 1 heterocycles. The van der Waals surface area contributed by atoms with Crippen LogP contribution in [0.1, 0.15) is 25.8 Å². The van der Waals surface area contributed by atoms with E-state index in [1.807, 2.05) is 26.0 Å². The van der Waals surface area contributed by atoms with E-state index < -0.39 is 10.0 Å². The number of ether oxygens (including phenoxy) is 1. The number of anilines is 1. The van der Waals surface area contributed by atoms with Gasteiger partial charge in [0, 0.05) is 0 Å². The Labute approximate surface area is 102 Å². The second-order valence-electron chi connectivity index (χ2n) is 5.03. The van der Waals surface area contributed by atoms with Crippen LogP contribution in [0.5, 0.6) is 5.75 Å². The molecular formula is C12H17NO3S. The Morgan fingerprint density at radius 2 is 2.06 bits per heavy atom. The topological polar surface area (TPSA) is 55.4 Å². The summed E-state index contributed by atoms with van der Waals surface area (Å²) < 4.78 is 30.9. The Hall–Kier alpha value is -1.23. The standard InChI is InChI=1S/C12H17NO3S/c1-12(2)8-7-9-5-4-6-10(11(9)16-12)13-17(3,14)15/h4-6,13H,7-8H2,1-3H3. The van der Waals surface area contributed by atoms with Crippen LogP contribution in [-0.2, 0) is 16.4 Å². The number of hydrogen-bond donors (Lipinski definition) is 1. The van der Waals surface area contributed by atoms with Crippen molar-refractivity contribution >= 4 is 15.7 Å². The zero-order valence-electron chi connectivity index (χ0n) is 10.3. The molecule has 2 rings (SSSR count). The quantitative estimate of drug-likeness (QED) is 0.881. The van der Waals surface area contributed by atoms with Crippen LogP contribution in [0, 0.1) is 0 Å². The summed E-state index contributed by atoms with van der Waals surface area (Å²) in [5.74, 6) is 0.661. The Kier molecular flexibility index (Phi) is 2.81. The van der Waals surface area contributed by atoms with E-state index >= 15 is 0 Å². The molecule has 0 radical (unpaired) electrons. The minimum Gasteiger partial charge on any atom is -0.485 e. The molecule has 1 N–H and O–H groups in total. The van der Waals surface area contributed by atoms with Crippen molar-refractivity contribution < 1.29 is 13.2 Å². The molecule has 4 nitrogen and oxygen atoms in total. The molecule has 0 aliphatic carbocycles. The summed E-state index contributed by atoms with van der Waals surface area (Å²) in [6.45, 7) is 4.01. The minimum atomic E-state index is -3.28. The first-order valence-corrected chi connectivity index (χ1v) is 7.45. The number of sulfonamides is 1. The third-order valence-corrected chi connectivity index (χ3v) is 3.36. The van der Waals surface area contributed by atoms with Gasteiger partial charge in [0.05, 0.1) is 11.9 Å². The Morgan fingerprint density at radius 1 is 1.35 bits per heavy atom. The van der Waals surface area contributed by atoms with Gasteiger partial charge >= 0.3 is 0 Å². The summed E-state index contributed by atoms with van der Waals surface area (Å²) in [7, 11) is -3.28. The highest BCUT2D eigenvalue weighted by molar-refractivity contribution is 7.92. The molecule has 5 heteroatoms. The van der Waals surface area contributed by atoms with Crippen molar-refractivity contribution in [2.24, 2.45) is 0 Å². The fourth-order valence-electron chi connectivity index (χ4n) is 1.95. The highest BCUT2D eigenvalue weighted by Gasteiger charge is 2.28. The molecule has 0 saturated carbocycles. The van der Waals surface area contributed by atoms with Gasteiger partial charge in [0.25, 0.3) is 0 Å². The summed E-state index contributed by atoms with van der Waals surface area (Å²) >= 11 is 0. The van der Waals surface area contributed by atoms with Gasteiger partial charge in [0.1, 0.15) is 11.4 Å². The van der Waals surface area contributed by atoms with Gasteiger partial charge in [-0.2, -0.15) is 0 Å². The van der Waals surface area contributed by atoms with E-state index in [4.69, 9.17) is 4.74 Å². The van der Waals surface area contributed by atoms with E-state index in [2.05, 4.69) is 4.72 Å². The van der Waals surface area contributed by atoms with E-state index in [0.717, 1.165) is 24.7 Å². The smallest absolute Gasteiger partial charge is 0.229 e. The van der Waals surface area contributed by atoms with Crippen molar-refractivity contribution in [1.29, 1.82) is 0 Å². The summed E-state index contributed by atoms with van der Waals surface area (Å²) in [5.41, 5.74) is 1.33. The van der Waals surface area contributed by atoms with Gasteiger partial charge in [-0.15, -0.1) is 0 Å². The molecule has 0 spiro atoms. The molecule has 1 aromatic rings. The maximum atomic E-state index is 11.3. The molecule has 0 amide bonds. The van der Waals surface area contributed by atoms with Gasteiger partial charge in [-0.05, 0) is 38.3 Å². The van der Waals surface area contributed by atoms with E-state index in [9.17, 15) is 8.42 Å². The molecule has 0 bridgehead atoms. The van der Waals surface area contributed by atoms with Gasteiger partial charge in [0.2, 0.25) is 10.0 Å². The highest BCUT2D eigenvalue weighted by atomic mass is 32.2. The molecule has 94 valence electrons. The Balaban J connectivity index is 2.42. The lowest BCUT2D eigenvalue weighted by Crippen LogP contribution is -2.33. The van der Waals surface area contributed by atoms with Gasteiger partial charge in [-0.25, -0.2) is 8.42 Å². The number of nitrogens with one attached hydrogen (secondary N) is 1. The molecule has 1 aromatic carbocycles. The highest BCUT2D eigenvalue weighted by Crippen LogP contribution is 2.38. The minimum absolute atomic E-state index is 0.248. The lowest BCUT2D eigenvalue weighted by atomic mass is 9.94. The van der Waals surface area contributed by atoms with Crippen LogP contribution in [0.3, 0.4) is 0 Å². The second-order valence-corrected chi connectivity index (χ2v) is 6.78. The SMILES string of the molecule is CC1(C)CCc2cccc(NS(C)(=O)=O)c2O1. The van der Waals surface area contributed by atoms with Crippen LogP contribution < -0.4 is 9.46 Å². The van der Waals surface area contributed by atoms with Crippen molar-refractivity contribution in [2.45, 2.75) is 32.3 Å². The van der Waals surface area contributed by atoms with Gasteiger partial charge in [-0.1, -0.05) is 12.1 Å².